The van der Waals surface area contributed by atoms with Crippen molar-refractivity contribution >= 4 is 11.3 Å². The van der Waals surface area contributed by atoms with Crippen LogP contribution in [0.2, 0.25) is 0 Å². The molecular formula is C9H6N2O. The zero-order valence-corrected chi connectivity index (χ0v) is 6.24. The van der Waals surface area contributed by atoms with Crippen molar-refractivity contribution in [1.29, 1.82) is 5.26 Å². The van der Waals surface area contributed by atoms with Crippen LogP contribution in [0.25, 0.3) is 5.57 Å². The van der Waals surface area contributed by atoms with Crippen molar-refractivity contribution in [2.45, 2.75) is 0 Å². The Morgan fingerprint density at radius 1 is 1.33 bits per heavy atom. The molecule has 2 rings (SSSR count). The van der Waals surface area contributed by atoms with Crippen molar-refractivity contribution in [1.82, 2.24) is 0 Å². The number of hydrogen-bond acceptors (Lipinski definition) is 2. The number of nitrogens with one attached hydrogen (secondary N) is 1. The van der Waals surface area contributed by atoms with Crippen LogP contribution < -0.4 is 5.06 Å². The third kappa shape index (κ3) is 0.832. The standard InChI is InChI=1S/C9H6N2O/c10-5-7-6-11(12)9-4-2-1-3-8(7)9/h1-4,6,11H. The molecule has 0 saturated heterocycles. The molecule has 1 aromatic rings. The number of rotatable bonds is 0. The lowest BCUT2D eigenvalue weighted by Gasteiger charge is -2.11. The van der Waals surface area contributed by atoms with E-state index in [1.54, 1.807) is 18.2 Å². The summed E-state index contributed by atoms with van der Waals surface area (Å²) in [4.78, 5) is 0. The Labute approximate surface area is 69.7 Å². The third-order valence-corrected chi connectivity index (χ3v) is 1.88. The quantitative estimate of drug-likeness (QED) is 0.561. The van der Waals surface area contributed by atoms with Gasteiger partial charge in [-0.2, -0.15) is 5.26 Å². The lowest BCUT2D eigenvalue weighted by atomic mass is 10.1. The molecule has 12 heavy (non-hydrogen) atoms. The molecule has 0 radical (unpaired) electrons. The lowest BCUT2D eigenvalue weighted by Crippen LogP contribution is -2.95. The van der Waals surface area contributed by atoms with Crippen LogP contribution in [0.5, 0.6) is 0 Å². The SMILES string of the molecule is N#CC1=C[NH+]([O-])c2ccccc21. The van der Waals surface area contributed by atoms with E-state index in [1.165, 1.54) is 6.20 Å². The molecule has 1 N–H and O–H groups in total. The van der Waals surface area contributed by atoms with Gasteiger partial charge >= 0.3 is 0 Å². The van der Waals surface area contributed by atoms with Crippen LogP contribution in [-0.2, 0) is 0 Å². The number of hydrogen-bond donors (Lipinski definition) is 1. The molecule has 1 unspecified atom stereocenters. The number of benzene rings is 1. The fourth-order valence-corrected chi connectivity index (χ4v) is 1.31. The van der Waals surface area contributed by atoms with E-state index < -0.39 is 0 Å². The van der Waals surface area contributed by atoms with Crippen LogP contribution in [0.4, 0.5) is 5.69 Å². The number of nitriles is 1. The average Bonchev–Trinajstić information content (AvgIpc) is 2.44. The molecule has 1 atom stereocenters. The Morgan fingerprint density at radius 2 is 2.08 bits per heavy atom. The fraction of sp³-hybridized carbons (Fsp3) is 0. The van der Waals surface area contributed by atoms with Crippen LogP contribution in [0.1, 0.15) is 5.56 Å². The third-order valence-electron chi connectivity index (χ3n) is 1.88. The summed E-state index contributed by atoms with van der Waals surface area (Å²) in [5, 5.41) is 19.8. The molecule has 0 fully saturated rings. The van der Waals surface area contributed by atoms with Crippen LogP contribution in [0, 0.1) is 16.5 Å². The summed E-state index contributed by atoms with van der Waals surface area (Å²) in [5.74, 6) is 0. The van der Waals surface area contributed by atoms with Crippen molar-refractivity contribution in [3.05, 3.63) is 41.2 Å². The van der Waals surface area contributed by atoms with Gasteiger partial charge in [-0.15, -0.1) is 0 Å². The van der Waals surface area contributed by atoms with Crippen molar-refractivity contribution in [2.24, 2.45) is 0 Å². The normalized spacial score (nSPS) is 19.7. The highest BCUT2D eigenvalue weighted by Gasteiger charge is 2.19. The zero-order valence-electron chi connectivity index (χ0n) is 6.24. The van der Waals surface area contributed by atoms with Crippen molar-refractivity contribution in [3.63, 3.8) is 0 Å². The molecule has 1 aliphatic rings. The molecule has 0 bridgehead atoms. The first-order valence-corrected chi connectivity index (χ1v) is 3.58. The largest absolute Gasteiger partial charge is 0.624 e. The minimum absolute atomic E-state index is 0.0675. The van der Waals surface area contributed by atoms with Crippen molar-refractivity contribution in [3.8, 4) is 6.07 Å². The van der Waals surface area contributed by atoms with E-state index in [-0.39, 0.29) is 5.06 Å². The number of quaternary nitrogens is 1. The number of nitrogens with zero attached hydrogens (tertiary/aromatic N) is 1. The van der Waals surface area contributed by atoms with E-state index in [1.807, 2.05) is 12.1 Å². The smallest absolute Gasteiger partial charge is 0.144 e. The summed E-state index contributed by atoms with van der Waals surface area (Å²) in [7, 11) is 0. The van der Waals surface area contributed by atoms with Gasteiger partial charge in [0.25, 0.3) is 0 Å². The lowest BCUT2D eigenvalue weighted by molar-refractivity contribution is -0.710. The summed E-state index contributed by atoms with van der Waals surface area (Å²) in [6.07, 6.45) is 1.38. The van der Waals surface area contributed by atoms with Gasteiger partial charge in [-0.3, -0.25) is 0 Å². The Bertz CT molecular complexity index is 390. The first-order chi connectivity index (χ1) is 5.83. The van der Waals surface area contributed by atoms with Gasteiger partial charge in [0.05, 0.1) is 5.56 Å². The molecule has 58 valence electrons. The van der Waals surface area contributed by atoms with E-state index in [2.05, 4.69) is 0 Å². The Balaban J connectivity index is 2.62. The highest BCUT2D eigenvalue weighted by molar-refractivity contribution is 5.83. The van der Waals surface area contributed by atoms with Gasteiger partial charge in [-0.1, -0.05) is 12.1 Å². The summed E-state index contributed by atoms with van der Waals surface area (Å²) in [5.41, 5.74) is 1.86. The number of allylic oxidation sites excluding steroid dienone is 1. The van der Waals surface area contributed by atoms with Crippen LogP contribution in [-0.4, -0.2) is 0 Å². The highest BCUT2D eigenvalue weighted by Crippen LogP contribution is 2.23. The van der Waals surface area contributed by atoms with Gasteiger partial charge in [0, 0.05) is 6.07 Å². The van der Waals surface area contributed by atoms with Crippen LogP contribution >= 0.6 is 0 Å². The summed E-state index contributed by atoms with van der Waals surface area (Å²) < 4.78 is 0. The van der Waals surface area contributed by atoms with E-state index in [9.17, 15) is 5.21 Å². The van der Waals surface area contributed by atoms with E-state index in [4.69, 9.17) is 5.26 Å². The fourth-order valence-electron chi connectivity index (χ4n) is 1.31. The maximum atomic E-state index is 11.2. The number of para-hydroxylation sites is 1. The maximum Gasteiger partial charge on any atom is 0.144 e. The van der Waals surface area contributed by atoms with Crippen LogP contribution in [0.15, 0.2) is 30.5 Å². The molecule has 0 amide bonds. The molecule has 1 heterocycles. The van der Waals surface area contributed by atoms with Gasteiger partial charge in [-0.05, 0) is 6.07 Å². The highest BCUT2D eigenvalue weighted by atomic mass is 16.5. The Kier molecular flexibility index (Phi) is 1.44. The maximum absolute atomic E-state index is 11.2. The molecule has 0 aromatic heterocycles. The van der Waals surface area contributed by atoms with Gasteiger partial charge in [-0.25, -0.2) is 0 Å². The monoisotopic (exact) mass is 158 g/mol. The molecule has 3 nitrogen and oxygen atoms in total. The molecule has 0 aliphatic carbocycles. The molecule has 1 aliphatic heterocycles. The van der Waals surface area contributed by atoms with Gasteiger partial charge in [0.1, 0.15) is 23.5 Å². The Morgan fingerprint density at radius 3 is 2.83 bits per heavy atom. The first-order valence-electron chi connectivity index (χ1n) is 3.58. The minimum Gasteiger partial charge on any atom is -0.624 e. The second-order valence-electron chi connectivity index (χ2n) is 2.58. The van der Waals surface area contributed by atoms with Gasteiger partial charge in [0.2, 0.25) is 0 Å². The van der Waals surface area contributed by atoms with Crippen molar-refractivity contribution < 1.29 is 5.06 Å². The molecular weight excluding hydrogens is 152 g/mol. The summed E-state index contributed by atoms with van der Waals surface area (Å²) in [6, 6.07) is 9.13. The van der Waals surface area contributed by atoms with E-state index in [0.717, 1.165) is 5.56 Å². The second kappa shape index (κ2) is 2.45. The topological polar surface area (TPSA) is 51.3 Å². The molecule has 0 saturated carbocycles. The van der Waals surface area contributed by atoms with E-state index in [0.29, 0.717) is 11.3 Å². The summed E-state index contributed by atoms with van der Waals surface area (Å²) >= 11 is 0. The number of hydroxylamine groups is 1. The predicted molar refractivity (Wildman–Crippen MR) is 44.0 cm³/mol. The van der Waals surface area contributed by atoms with Crippen LogP contribution in [0.3, 0.4) is 0 Å². The Hall–Kier alpha value is -1.63. The zero-order chi connectivity index (χ0) is 8.55. The summed E-state index contributed by atoms with van der Waals surface area (Å²) in [6.45, 7) is 0. The second-order valence-corrected chi connectivity index (χ2v) is 2.58. The van der Waals surface area contributed by atoms with Crippen molar-refractivity contribution in [2.75, 3.05) is 0 Å². The van der Waals surface area contributed by atoms with Gasteiger partial charge < -0.3 is 10.3 Å². The molecule has 0 spiro atoms. The van der Waals surface area contributed by atoms with E-state index >= 15 is 0 Å². The molecule has 3 heteroatoms. The predicted octanol–water partition coefficient (Wildman–Crippen LogP) is 0.579. The van der Waals surface area contributed by atoms with Gasteiger partial charge in [0.15, 0.2) is 0 Å². The average molecular weight is 158 g/mol. The number of fused-ring (bicyclic) bond motifs is 1. The molecule has 1 aromatic carbocycles. The first kappa shape index (κ1) is 7.04. The minimum atomic E-state index is -0.0675.